The van der Waals surface area contributed by atoms with Crippen molar-refractivity contribution in [1.82, 2.24) is 15.0 Å². The number of fused-ring (bicyclic) bond motifs is 3. The minimum Gasteiger partial charge on any atom is -0.497 e. The lowest BCUT2D eigenvalue weighted by Gasteiger charge is -2.13. The number of hydrazone groups is 1. The first-order valence-corrected chi connectivity index (χ1v) is 14.0. The molecule has 0 bridgehead atoms. The van der Waals surface area contributed by atoms with Crippen molar-refractivity contribution in [2.75, 3.05) is 12.9 Å². The highest BCUT2D eigenvalue weighted by Crippen LogP contribution is 2.35. The van der Waals surface area contributed by atoms with Gasteiger partial charge in [-0.05, 0) is 85.3 Å². The Morgan fingerprint density at radius 1 is 1.19 bits per heavy atom. The number of nitrogens with zero attached hydrogens (tertiary/aromatic N) is 3. The van der Waals surface area contributed by atoms with E-state index in [2.05, 4.69) is 26.5 Å². The van der Waals surface area contributed by atoms with E-state index in [-0.39, 0.29) is 17.2 Å². The molecule has 1 aliphatic rings. The number of rotatable bonds is 7. The number of halogens is 1. The van der Waals surface area contributed by atoms with Gasteiger partial charge in [0.15, 0.2) is 5.16 Å². The number of carbonyl (C=O) groups is 1. The summed E-state index contributed by atoms with van der Waals surface area (Å²) in [4.78, 5) is 33.2. The first-order chi connectivity index (χ1) is 17.5. The van der Waals surface area contributed by atoms with Gasteiger partial charge in [0, 0.05) is 9.35 Å². The number of hydrogen-bond acceptors (Lipinski definition) is 7. The van der Waals surface area contributed by atoms with Gasteiger partial charge in [-0.3, -0.25) is 14.2 Å². The topological polar surface area (TPSA) is 85.6 Å². The van der Waals surface area contributed by atoms with Crippen molar-refractivity contribution >= 4 is 61.4 Å². The van der Waals surface area contributed by atoms with Crippen LogP contribution in [0.15, 0.2) is 68.1 Å². The van der Waals surface area contributed by atoms with Gasteiger partial charge < -0.3 is 4.74 Å². The van der Waals surface area contributed by atoms with Crippen molar-refractivity contribution < 1.29 is 9.53 Å². The molecule has 0 atom stereocenters. The summed E-state index contributed by atoms with van der Waals surface area (Å²) in [5.74, 6) is 0.534. The summed E-state index contributed by atoms with van der Waals surface area (Å²) in [6.45, 7) is 0. The summed E-state index contributed by atoms with van der Waals surface area (Å²) >= 11 is 6.29. The van der Waals surface area contributed by atoms with E-state index in [1.165, 1.54) is 16.6 Å². The summed E-state index contributed by atoms with van der Waals surface area (Å²) in [6.07, 6.45) is 5.70. The van der Waals surface area contributed by atoms with Crippen LogP contribution in [0.1, 0.15) is 28.8 Å². The zero-order valence-corrected chi connectivity index (χ0v) is 22.7. The molecule has 0 radical (unpaired) electrons. The third-order valence-electron chi connectivity index (χ3n) is 5.89. The third kappa shape index (κ3) is 5.25. The molecule has 2 aromatic carbocycles. The zero-order valence-electron chi connectivity index (χ0n) is 19.5. The minimum absolute atomic E-state index is 0.0690. The fourth-order valence-corrected chi connectivity index (χ4v) is 6.50. The van der Waals surface area contributed by atoms with Crippen LogP contribution >= 0.6 is 39.0 Å². The molecule has 1 amide bonds. The van der Waals surface area contributed by atoms with E-state index in [1.54, 1.807) is 29.2 Å². The summed E-state index contributed by atoms with van der Waals surface area (Å²) in [5, 5.41) is 5.25. The van der Waals surface area contributed by atoms with Crippen LogP contribution in [0.2, 0.25) is 0 Å². The molecular formula is C26H23BrN4O3S2. The van der Waals surface area contributed by atoms with Gasteiger partial charge in [-0.1, -0.05) is 27.7 Å². The molecule has 0 spiro atoms. The van der Waals surface area contributed by atoms with Crippen LogP contribution in [0.4, 0.5) is 0 Å². The first-order valence-electron chi connectivity index (χ1n) is 11.5. The number of aromatic nitrogens is 2. The highest BCUT2D eigenvalue weighted by Gasteiger charge is 2.23. The van der Waals surface area contributed by atoms with Crippen molar-refractivity contribution in [3.05, 3.63) is 79.4 Å². The van der Waals surface area contributed by atoms with Crippen LogP contribution in [0.25, 0.3) is 15.9 Å². The average Bonchev–Trinajstić information content (AvgIpc) is 3.27. The van der Waals surface area contributed by atoms with E-state index in [9.17, 15) is 9.59 Å². The van der Waals surface area contributed by atoms with Crippen LogP contribution in [0, 0.1) is 0 Å². The number of ether oxygens (including phenoxy) is 1. The second-order valence-electron chi connectivity index (χ2n) is 8.26. The molecule has 184 valence electrons. The highest BCUT2D eigenvalue weighted by atomic mass is 79.9. The van der Waals surface area contributed by atoms with Crippen molar-refractivity contribution in [2.24, 2.45) is 5.10 Å². The Bertz CT molecular complexity index is 1500. The van der Waals surface area contributed by atoms with E-state index in [0.717, 1.165) is 57.2 Å². The van der Waals surface area contributed by atoms with Crippen molar-refractivity contribution in [2.45, 2.75) is 30.8 Å². The van der Waals surface area contributed by atoms with Crippen LogP contribution < -0.4 is 15.7 Å². The van der Waals surface area contributed by atoms with Gasteiger partial charge >= 0.3 is 0 Å². The fraction of sp³-hybridized carbons (Fsp3) is 0.231. The average molecular weight is 584 g/mol. The quantitative estimate of drug-likeness (QED) is 0.137. The molecule has 5 rings (SSSR count). The summed E-state index contributed by atoms with van der Waals surface area (Å²) in [6, 6.07) is 14.9. The second kappa shape index (κ2) is 11.0. The van der Waals surface area contributed by atoms with Crippen LogP contribution in [0.3, 0.4) is 0 Å². The van der Waals surface area contributed by atoms with Crippen LogP contribution in [-0.4, -0.2) is 34.5 Å². The summed E-state index contributed by atoms with van der Waals surface area (Å²) < 4.78 is 7.68. The monoisotopic (exact) mass is 582 g/mol. The smallest absolute Gasteiger partial charge is 0.267 e. The number of benzene rings is 2. The molecule has 2 aromatic heterocycles. The largest absolute Gasteiger partial charge is 0.497 e. The zero-order chi connectivity index (χ0) is 25.1. The van der Waals surface area contributed by atoms with Crippen molar-refractivity contribution in [1.29, 1.82) is 0 Å². The fourth-order valence-electron chi connectivity index (χ4n) is 4.13. The van der Waals surface area contributed by atoms with Gasteiger partial charge in [0.1, 0.15) is 10.6 Å². The first kappa shape index (κ1) is 24.7. The molecule has 1 N–H and O–H groups in total. The number of thioether (sulfide) groups is 1. The lowest BCUT2D eigenvalue weighted by Crippen LogP contribution is -2.24. The van der Waals surface area contributed by atoms with Gasteiger partial charge in [0.2, 0.25) is 0 Å². The van der Waals surface area contributed by atoms with Crippen LogP contribution in [0.5, 0.6) is 5.75 Å². The molecule has 10 heteroatoms. The molecule has 0 aliphatic heterocycles. The van der Waals surface area contributed by atoms with Gasteiger partial charge in [0.25, 0.3) is 11.5 Å². The Morgan fingerprint density at radius 3 is 2.69 bits per heavy atom. The van der Waals surface area contributed by atoms with Crippen LogP contribution in [-0.2, 0) is 17.6 Å². The van der Waals surface area contributed by atoms with Crippen molar-refractivity contribution in [3.63, 3.8) is 0 Å². The van der Waals surface area contributed by atoms with Gasteiger partial charge in [-0.25, -0.2) is 10.4 Å². The van der Waals surface area contributed by atoms with Gasteiger partial charge in [-0.15, -0.1) is 11.3 Å². The molecule has 0 saturated carbocycles. The number of hydrogen-bond donors (Lipinski definition) is 1. The Kier molecular flexibility index (Phi) is 7.54. The standard InChI is InChI=1S/C26H23BrN4O3S2/c1-34-19-12-6-16(7-13-19)14-28-30-22(32)15-35-26-29-24-23(20-4-2-3-5-21(20)36-24)25(33)31(26)18-10-8-17(27)9-11-18/h6-14H,2-5,15H2,1H3,(H,30,32). The van der Waals surface area contributed by atoms with Gasteiger partial charge in [0.05, 0.1) is 30.2 Å². The Hall–Kier alpha value is -2.95. The highest BCUT2D eigenvalue weighted by molar-refractivity contribution is 9.10. The van der Waals surface area contributed by atoms with E-state index >= 15 is 0 Å². The second-order valence-corrected chi connectivity index (χ2v) is 11.2. The minimum atomic E-state index is -0.285. The molecular weight excluding hydrogens is 560 g/mol. The number of nitrogens with one attached hydrogen (secondary N) is 1. The SMILES string of the molecule is COc1ccc(C=NNC(=O)CSc2nc3sc4c(c3c(=O)n2-c2ccc(Br)cc2)CCCC4)cc1. The van der Waals surface area contributed by atoms with E-state index < -0.39 is 0 Å². The maximum Gasteiger partial charge on any atom is 0.267 e. The molecule has 7 nitrogen and oxygen atoms in total. The Balaban J connectivity index is 1.40. The van der Waals surface area contributed by atoms with E-state index in [1.807, 2.05) is 48.5 Å². The third-order valence-corrected chi connectivity index (χ3v) is 8.55. The maximum atomic E-state index is 13.8. The number of thiophene rings is 1. The molecule has 0 fully saturated rings. The normalized spacial score (nSPS) is 13.2. The summed E-state index contributed by atoms with van der Waals surface area (Å²) in [7, 11) is 1.61. The number of methoxy groups -OCH3 is 1. The number of carbonyl (C=O) groups excluding carboxylic acids is 1. The van der Waals surface area contributed by atoms with E-state index in [4.69, 9.17) is 9.72 Å². The maximum absolute atomic E-state index is 13.8. The summed E-state index contributed by atoms with van der Waals surface area (Å²) in [5.41, 5.74) is 5.16. The molecule has 4 aromatic rings. The molecule has 1 aliphatic carbocycles. The lowest BCUT2D eigenvalue weighted by atomic mass is 9.97. The van der Waals surface area contributed by atoms with Crippen molar-refractivity contribution in [3.8, 4) is 11.4 Å². The van der Waals surface area contributed by atoms with E-state index in [0.29, 0.717) is 10.8 Å². The Morgan fingerprint density at radius 2 is 1.94 bits per heavy atom. The molecule has 0 unspecified atom stereocenters. The predicted octanol–water partition coefficient (Wildman–Crippen LogP) is 5.34. The predicted molar refractivity (Wildman–Crippen MR) is 149 cm³/mol. The van der Waals surface area contributed by atoms with Gasteiger partial charge in [-0.2, -0.15) is 5.10 Å². The molecule has 2 heterocycles. The lowest BCUT2D eigenvalue weighted by molar-refractivity contribution is -0.118. The Labute approximate surface area is 224 Å². The molecule has 36 heavy (non-hydrogen) atoms. The number of aryl methyl sites for hydroxylation is 2. The number of amides is 1. The molecule has 0 saturated heterocycles.